The van der Waals surface area contributed by atoms with Gasteiger partial charge in [-0.1, -0.05) is 84.9 Å². The highest BCUT2D eigenvalue weighted by Crippen LogP contribution is 2.49. The van der Waals surface area contributed by atoms with Crippen LogP contribution in [0.15, 0.2) is 84.9 Å². The smallest absolute Gasteiger partial charge is 0.315 e. The van der Waals surface area contributed by atoms with Crippen molar-refractivity contribution in [2.45, 2.75) is 5.92 Å². The van der Waals surface area contributed by atoms with E-state index in [-0.39, 0.29) is 0 Å². The Morgan fingerprint density at radius 3 is 1.88 bits per heavy atom. The molecule has 0 heterocycles. The van der Waals surface area contributed by atoms with Gasteiger partial charge < -0.3 is 5.11 Å². The molecule has 2 nitrogen and oxygen atoms in total. The Morgan fingerprint density at radius 1 is 0.708 bits per heavy atom. The molecular formula is C22H16O2. The molecule has 24 heavy (non-hydrogen) atoms. The Morgan fingerprint density at radius 2 is 1.25 bits per heavy atom. The molecule has 0 bridgehead atoms. The van der Waals surface area contributed by atoms with Gasteiger partial charge in [0, 0.05) is 0 Å². The molecule has 116 valence electrons. The highest BCUT2D eigenvalue weighted by molar-refractivity contribution is 6.12. The normalized spacial score (nSPS) is 16.1. The van der Waals surface area contributed by atoms with Crippen molar-refractivity contribution in [3.05, 3.63) is 107 Å². The zero-order valence-corrected chi connectivity index (χ0v) is 13.0. The van der Waals surface area contributed by atoms with E-state index >= 15 is 0 Å². The number of hydrogen-bond acceptors (Lipinski definition) is 1. The first-order valence-corrected chi connectivity index (χ1v) is 7.94. The van der Waals surface area contributed by atoms with Crippen molar-refractivity contribution >= 4 is 17.1 Å². The van der Waals surface area contributed by atoms with Crippen LogP contribution in [0.25, 0.3) is 11.1 Å². The highest BCUT2D eigenvalue weighted by atomic mass is 16.4. The van der Waals surface area contributed by atoms with Crippen LogP contribution in [0.4, 0.5) is 0 Å². The van der Waals surface area contributed by atoms with Crippen LogP contribution in [0.3, 0.4) is 0 Å². The summed E-state index contributed by atoms with van der Waals surface area (Å²) in [6.07, 6.45) is 0. The maximum Gasteiger partial charge on any atom is 0.315 e. The molecule has 1 aliphatic rings. The topological polar surface area (TPSA) is 37.3 Å². The van der Waals surface area contributed by atoms with Crippen molar-refractivity contribution in [3.63, 3.8) is 0 Å². The third kappa shape index (κ3) is 2.24. The summed E-state index contributed by atoms with van der Waals surface area (Å²) >= 11 is 0. The van der Waals surface area contributed by atoms with Crippen LogP contribution in [0, 0.1) is 0 Å². The monoisotopic (exact) mass is 312 g/mol. The van der Waals surface area contributed by atoms with Gasteiger partial charge >= 0.3 is 5.97 Å². The Balaban J connectivity index is 2.07. The van der Waals surface area contributed by atoms with Crippen LogP contribution in [0.5, 0.6) is 0 Å². The van der Waals surface area contributed by atoms with Crippen LogP contribution >= 0.6 is 0 Å². The van der Waals surface area contributed by atoms with Crippen molar-refractivity contribution in [3.8, 4) is 0 Å². The average molecular weight is 312 g/mol. The van der Waals surface area contributed by atoms with Gasteiger partial charge in [0.2, 0.25) is 0 Å². The second-order valence-corrected chi connectivity index (χ2v) is 5.88. The van der Waals surface area contributed by atoms with E-state index in [0.717, 1.165) is 33.4 Å². The summed E-state index contributed by atoms with van der Waals surface area (Å²) in [6, 6.07) is 27.7. The molecule has 1 atom stereocenters. The molecule has 4 rings (SSSR count). The fraction of sp³-hybridized carbons (Fsp3) is 0.0455. The largest absolute Gasteiger partial charge is 0.481 e. The number of aliphatic carboxylic acids is 1. The molecule has 0 fully saturated rings. The molecule has 0 aromatic heterocycles. The minimum atomic E-state index is -0.813. The molecule has 0 radical (unpaired) electrons. The standard InChI is InChI=1S/C22H16O2/c23-22(24)21-18-14-8-7-13-17(18)19(15-9-3-1-4-10-15)20(21)16-11-5-2-6-12-16/h1-14,21H,(H,23,24). The molecule has 1 aliphatic carbocycles. The van der Waals surface area contributed by atoms with Gasteiger partial charge in [0.1, 0.15) is 5.92 Å². The van der Waals surface area contributed by atoms with E-state index in [1.807, 2.05) is 84.9 Å². The minimum absolute atomic E-state index is 0.640. The number of fused-ring (bicyclic) bond motifs is 1. The maximum atomic E-state index is 12.1. The van der Waals surface area contributed by atoms with Gasteiger partial charge in [-0.15, -0.1) is 0 Å². The molecule has 0 saturated heterocycles. The predicted molar refractivity (Wildman–Crippen MR) is 95.6 cm³/mol. The van der Waals surface area contributed by atoms with Gasteiger partial charge in [0.05, 0.1) is 0 Å². The van der Waals surface area contributed by atoms with Crippen molar-refractivity contribution in [2.24, 2.45) is 0 Å². The molecule has 1 unspecified atom stereocenters. The number of hydrogen-bond donors (Lipinski definition) is 1. The van der Waals surface area contributed by atoms with Crippen LogP contribution < -0.4 is 0 Å². The van der Waals surface area contributed by atoms with Crippen molar-refractivity contribution in [1.82, 2.24) is 0 Å². The fourth-order valence-corrected chi connectivity index (χ4v) is 3.52. The van der Waals surface area contributed by atoms with E-state index in [9.17, 15) is 9.90 Å². The summed E-state index contributed by atoms with van der Waals surface area (Å²) in [5.41, 5.74) is 5.77. The second kappa shape index (κ2) is 5.82. The highest BCUT2D eigenvalue weighted by Gasteiger charge is 2.36. The Hall–Kier alpha value is -3.13. The van der Waals surface area contributed by atoms with Crippen LogP contribution in [-0.4, -0.2) is 11.1 Å². The molecule has 0 amide bonds. The summed E-state index contributed by atoms with van der Waals surface area (Å²) in [4.78, 5) is 12.1. The van der Waals surface area contributed by atoms with Crippen LogP contribution in [0.2, 0.25) is 0 Å². The molecular weight excluding hydrogens is 296 g/mol. The fourth-order valence-electron chi connectivity index (χ4n) is 3.52. The quantitative estimate of drug-likeness (QED) is 0.752. The van der Waals surface area contributed by atoms with Crippen molar-refractivity contribution in [1.29, 1.82) is 0 Å². The van der Waals surface area contributed by atoms with Crippen LogP contribution in [-0.2, 0) is 4.79 Å². The van der Waals surface area contributed by atoms with Crippen LogP contribution in [0.1, 0.15) is 28.2 Å². The molecule has 0 saturated carbocycles. The van der Waals surface area contributed by atoms with E-state index in [0.29, 0.717) is 0 Å². The van der Waals surface area contributed by atoms with E-state index in [2.05, 4.69) is 0 Å². The lowest BCUT2D eigenvalue weighted by atomic mass is 9.89. The summed E-state index contributed by atoms with van der Waals surface area (Å²) < 4.78 is 0. The van der Waals surface area contributed by atoms with Crippen molar-refractivity contribution < 1.29 is 9.90 Å². The zero-order chi connectivity index (χ0) is 16.5. The van der Waals surface area contributed by atoms with Gasteiger partial charge in [-0.3, -0.25) is 4.79 Å². The Kier molecular flexibility index (Phi) is 3.51. The van der Waals surface area contributed by atoms with Gasteiger partial charge in [-0.05, 0) is 33.4 Å². The summed E-state index contributed by atoms with van der Waals surface area (Å²) in [5.74, 6) is -1.45. The van der Waals surface area contributed by atoms with Crippen molar-refractivity contribution in [2.75, 3.05) is 0 Å². The first kappa shape index (κ1) is 14.5. The van der Waals surface area contributed by atoms with E-state index < -0.39 is 11.9 Å². The summed E-state index contributed by atoms with van der Waals surface area (Å²) in [7, 11) is 0. The van der Waals surface area contributed by atoms with Gasteiger partial charge in [0.25, 0.3) is 0 Å². The average Bonchev–Trinajstić information content (AvgIpc) is 2.98. The van der Waals surface area contributed by atoms with E-state index in [1.54, 1.807) is 0 Å². The lowest BCUT2D eigenvalue weighted by Gasteiger charge is -2.13. The second-order valence-electron chi connectivity index (χ2n) is 5.88. The van der Waals surface area contributed by atoms with E-state index in [1.165, 1.54) is 0 Å². The third-order valence-electron chi connectivity index (χ3n) is 4.49. The molecule has 3 aromatic rings. The Labute approximate surface area is 140 Å². The number of carboxylic acid groups (broad SMARTS) is 1. The Bertz CT molecular complexity index is 924. The summed E-state index contributed by atoms with van der Waals surface area (Å²) in [5, 5.41) is 9.92. The SMILES string of the molecule is O=C(O)C1C(c2ccccc2)=C(c2ccccc2)c2ccccc21. The van der Waals surface area contributed by atoms with Gasteiger partial charge in [0.15, 0.2) is 0 Å². The van der Waals surface area contributed by atoms with Gasteiger partial charge in [-0.2, -0.15) is 0 Å². The molecule has 1 N–H and O–H groups in total. The lowest BCUT2D eigenvalue weighted by molar-refractivity contribution is -0.137. The van der Waals surface area contributed by atoms with E-state index in [4.69, 9.17) is 0 Å². The maximum absolute atomic E-state index is 12.1. The number of carboxylic acids is 1. The minimum Gasteiger partial charge on any atom is -0.481 e. The molecule has 0 aliphatic heterocycles. The first-order valence-electron chi connectivity index (χ1n) is 7.94. The number of benzene rings is 3. The third-order valence-corrected chi connectivity index (χ3v) is 4.49. The predicted octanol–water partition coefficient (Wildman–Crippen LogP) is 4.83. The molecule has 0 spiro atoms. The molecule has 3 aromatic carbocycles. The van der Waals surface area contributed by atoms with Gasteiger partial charge in [-0.25, -0.2) is 0 Å². The molecule has 2 heteroatoms. The lowest BCUT2D eigenvalue weighted by Crippen LogP contribution is -2.11. The first-order chi connectivity index (χ1) is 11.8. The summed E-state index contributed by atoms with van der Waals surface area (Å²) in [6.45, 7) is 0. The number of carbonyl (C=O) groups is 1. The zero-order valence-electron chi connectivity index (χ0n) is 13.0. The number of rotatable bonds is 3.